The van der Waals surface area contributed by atoms with Crippen LogP contribution in [0.4, 0.5) is 11.5 Å². The number of nitrogens with zero attached hydrogens (tertiary/aromatic N) is 4. The largest absolute Gasteiger partial charge is 0.492 e. The third-order valence-corrected chi connectivity index (χ3v) is 9.44. The molecule has 10 nitrogen and oxygen atoms in total. The zero-order valence-electron chi connectivity index (χ0n) is 18.4. The highest BCUT2D eigenvalue weighted by Gasteiger charge is 2.43. The van der Waals surface area contributed by atoms with Gasteiger partial charge in [0.25, 0.3) is 0 Å². The Kier molecular flexibility index (Phi) is 6.34. The maximum atomic E-state index is 13.6. The Morgan fingerprint density at radius 3 is 2.42 bits per heavy atom. The number of rotatable bonds is 6. The van der Waals surface area contributed by atoms with Crippen molar-refractivity contribution in [1.82, 2.24) is 9.29 Å². The summed E-state index contributed by atoms with van der Waals surface area (Å²) in [5.74, 6) is -0.687. The molecule has 1 aromatic heterocycles. The molecular formula is C21H26N4O6S2. The van der Waals surface area contributed by atoms with Crippen LogP contribution in [0.25, 0.3) is 0 Å². The lowest BCUT2D eigenvalue weighted by molar-refractivity contribution is -0.119. The Balaban J connectivity index is 1.65. The zero-order valence-corrected chi connectivity index (χ0v) is 20.0. The van der Waals surface area contributed by atoms with Gasteiger partial charge in [0.1, 0.15) is 16.5 Å². The molecule has 2 aliphatic rings. The molecular weight excluding hydrogens is 468 g/mol. The van der Waals surface area contributed by atoms with Crippen LogP contribution in [0.5, 0.6) is 5.75 Å². The summed E-state index contributed by atoms with van der Waals surface area (Å²) in [6, 6.07) is 9.59. The highest BCUT2D eigenvalue weighted by atomic mass is 32.2. The highest BCUT2D eigenvalue weighted by Crippen LogP contribution is 2.35. The Hall–Kier alpha value is -2.70. The molecule has 2 fully saturated rings. The Bertz CT molecular complexity index is 1240. The van der Waals surface area contributed by atoms with Crippen LogP contribution in [0, 0.1) is 5.92 Å². The molecule has 2 aromatic rings. The number of carbonyl (C=O) groups is 1. The van der Waals surface area contributed by atoms with Crippen molar-refractivity contribution in [3.8, 4) is 5.75 Å². The van der Waals surface area contributed by atoms with Crippen molar-refractivity contribution < 1.29 is 26.4 Å². The molecule has 3 heterocycles. The lowest BCUT2D eigenvalue weighted by Gasteiger charge is -2.35. The number of aromatic nitrogens is 1. The highest BCUT2D eigenvalue weighted by molar-refractivity contribution is 7.94. The van der Waals surface area contributed by atoms with Crippen LogP contribution >= 0.6 is 0 Å². The van der Waals surface area contributed by atoms with Gasteiger partial charge in [0.05, 0.1) is 24.0 Å². The van der Waals surface area contributed by atoms with Gasteiger partial charge in [0.15, 0.2) is 0 Å². The SMILES string of the molecule is CCOc1ccc(N2C(=O)[C@H](C)CS2(=O)=O)cc1S(=O)(=O)N1CCN(c2ccccn2)CC1. The van der Waals surface area contributed by atoms with Crippen molar-refractivity contribution in [3.63, 3.8) is 0 Å². The number of amides is 1. The van der Waals surface area contributed by atoms with Gasteiger partial charge < -0.3 is 9.64 Å². The molecule has 33 heavy (non-hydrogen) atoms. The summed E-state index contributed by atoms with van der Waals surface area (Å²) in [6.07, 6.45) is 1.69. The number of piperazine rings is 1. The molecule has 1 atom stereocenters. The van der Waals surface area contributed by atoms with Gasteiger partial charge in [0.2, 0.25) is 26.0 Å². The molecule has 178 valence electrons. The molecule has 0 bridgehead atoms. The molecule has 0 unspecified atom stereocenters. The van der Waals surface area contributed by atoms with Gasteiger partial charge in [-0.15, -0.1) is 0 Å². The fraction of sp³-hybridized carbons (Fsp3) is 0.429. The van der Waals surface area contributed by atoms with E-state index in [1.54, 1.807) is 13.1 Å². The monoisotopic (exact) mass is 494 g/mol. The van der Waals surface area contributed by atoms with E-state index >= 15 is 0 Å². The van der Waals surface area contributed by atoms with Crippen molar-refractivity contribution in [2.24, 2.45) is 5.92 Å². The summed E-state index contributed by atoms with van der Waals surface area (Å²) < 4.78 is 59.8. The van der Waals surface area contributed by atoms with Crippen LogP contribution in [-0.2, 0) is 24.8 Å². The molecule has 1 aromatic carbocycles. The second-order valence-corrected chi connectivity index (χ2v) is 11.7. The minimum absolute atomic E-state index is 0.00139. The summed E-state index contributed by atoms with van der Waals surface area (Å²) >= 11 is 0. The summed E-state index contributed by atoms with van der Waals surface area (Å²) in [7, 11) is -7.88. The maximum Gasteiger partial charge on any atom is 0.246 e. The Morgan fingerprint density at radius 1 is 1.12 bits per heavy atom. The first-order valence-electron chi connectivity index (χ1n) is 10.6. The average molecular weight is 495 g/mol. The van der Waals surface area contributed by atoms with Gasteiger partial charge in [0, 0.05) is 32.4 Å². The van der Waals surface area contributed by atoms with E-state index in [0.29, 0.717) is 17.4 Å². The number of carbonyl (C=O) groups excluding carboxylic acids is 1. The number of anilines is 2. The molecule has 0 spiro atoms. The van der Waals surface area contributed by atoms with Crippen LogP contribution in [0.15, 0.2) is 47.5 Å². The molecule has 0 N–H and O–H groups in total. The fourth-order valence-electron chi connectivity index (χ4n) is 4.02. The predicted octanol–water partition coefficient (Wildman–Crippen LogP) is 1.30. The van der Waals surface area contributed by atoms with Crippen molar-refractivity contribution in [2.75, 3.05) is 47.7 Å². The molecule has 4 rings (SSSR count). The number of pyridine rings is 1. The second-order valence-electron chi connectivity index (χ2n) is 7.93. The molecule has 12 heteroatoms. The molecule has 0 saturated carbocycles. The number of hydrogen-bond acceptors (Lipinski definition) is 8. The van der Waals surface area contributed by atoms with E-state index < -0.39 is 31.9 Å². The minimum Gasteiger partial charge on any atom is -0.492 e. The van der Waals surface area contributed by atoms with E-state index in [0.717, 1.165) is 5.82 Å². The number of hydrogen-bond donors (Lipinski definition) is 0. The maximum absolute atomic E-state index is 13.6. The van der Waals surface area contributed by atoms with Crippen molar-refractivity contribution in [1.29, 1.82) is 0 Å². The summed E-state index contributed by atoms with van der Waals surface area (Å²) in [4.78, 5) is 18.7. The Morgan fingerprint density at radius 2 is 1.85 bits per heavy atom. The number of ether oxygens (including phenoxy) is 1. The van der Waals surface area contributed by atoms with Crippen LogP contribution in [0.2, 0.25) is 0 Å². The van der Waals surface area contributed by atoms with Crippen LogP contribution < -0.4 is 13.9 Å². The van der Waals surface area contributed by atoms with Gasteiger partial charge in [-0.3, -0.25) is 4.79 Å². The molecule has 0 aliphatic carbocycles. The van der Waals surface area contributed by atoms with E-state index in [1.165, 1.54) is 29.4 Å². The zero-order chi connectivity index (χ0) is 23.8. The molecule has 0 radical (unpaired) electrons. The Labute approximate surface area is 193 Å². The molecule has 1 amide bonds. The molecule has 2 aliphatic heterocycles. The summed E-state index contributed by atoms with van der Waals surface area (Å²) in [5, 5.41) is 0. The van der Waals surface area contributed by atoms with Gasteiger partial charge in [-0.05, 0) is 37.3 Å². The lowest BCUT2D eigenvalue weighted by Crippen LogP contribution is -2.49. The number of sulfonamides is 2. The van der Waals surface area contributed by atoms with Crippen molar-refractivity contribution in [3.05, 3.63) is 42.6 Å². The summed E-state index contributed by atoms with van der Waals surface area (Å²) in [5.41, 5.74) is -0.00139. The minimum atomic E-state index is -4.01. The standard InChI is InChI=1S/C21H26N4O6S2/c1-3-31-18-8-7-17(25-21(26)16(2)15-32(25,27)28)14-19(18)33(29,30)24-12-10-23(11-13-24)20-6-4-5-9-22-20/h4-9,14,16H,3,10-13,15H2,1-2H3/t16-/m1/s1. The molecule has 2 saturated heterocycles. The first-order chi connectivity index (χ1) is 15.6. The van der Waals surface area contributed by atoms with Crippen molar-refractivity contribution in [2.45, 2.75) is 18.7 Å². The first-order valence-corrected chi connectivity index (χ1v) is 13.7. The fourth-order valence-corrected chi connectivity index (χ4v) is 7.41. The smallest absolute Gasteiger partial charge is 0.246 e. The lowest BCUT2D eigenvalue weighted by atomic mass is 10.2. The van der Waals surface area contributed by atoms with Gasteiger partial charge in [-0.2, -0.15) is 4.31 Å². The number of benzene rings is 1. The summed E-state index contributed by atoms with van der Waals surface area (Å²) in [6.45, 7) is 4.86. The first kappa shape index (κ1) is 23.5. The van der Waals surface area contributed by atoms with E-state index in [2.05, 4.69) is 4.98 Å². The predicted molar refractivity (Wildman–Crippen MR) is 123 cm³/mol. The van der Waals surface area contributed by atoms with Crippen molar-refractivity contribution >= 4 is 37.5 Å². The van der Waals surface area contributed by atoms with E-state index in [-0.39, 0.29) is 41.8 Å². The van der Waals surface area contributed by atoms with Gasteiger partial charge in [-0.1, -0.05) is 13.0 Å². The van der Waals surface area contributed by atoms with E-state index in [4.69, 9.17) is 4.74 Å². The third-order valence-electron chi connectivity index (χ3n) is 5.65. The normalized spacial score (nSPS) is 21.4. The van der Waals surface area contributed by atoms with Crippen LogP contribution in [0.1, 0.15) is 13.8 Å². The van der Waals surface area contributed by atoms with Gasteiger partial charge in [-0.25, -0.2) is 26.1 Å². The average Bonchev–Trinajstić information content (AvgIpc) is 3.01. The van der Waals surface area contributed by atoms with E-state index in [1.807, 2.05) is 23.1 Å². The topological polar surface area (TPSA) is 117 Å². The van der Waals surface area contributed by atoms with Crippen LogP contribution in [-0.4, -0.2) is 70.6 Å². The second kappa shape index (κ2) is 8.92. The van der Waals surface area contributed by atoms with E-state index in [9.17, 15) is 21.6 Å². The third kappa shape index (κ3) is 4.42. The van der Waals surface area contributed by atoms with Gasteiger partial charge >= 0.3 is 0 Å². The quantitative estimate of drug-likeness (QED) is 0.590. The van der Waals surface area contributed by atoms with Crippen LogP contribution in [0.3, 0.4) is 0 Å².